The second-order valence-corrected chi connectivity index (χ2v) is 7.28. The summed E-state index contributed by atoms with van der Waals surface area (Å²) in [6.45, 7) is 1.57. The normalized spacial score (nSPS) is 30.4. The van der Waals surface area contributed by atoms with E-state index in [0.29, 0.717) is 17.0 Å². The molecule has 1 saturated heterocycles. The molecule has 1 aromatic carbocycles. The molecule has 1 aliphatic heterocycles. The quantitative estimate of drug-likeness (QED) is 0.869. The highest BCUT2D eigenvalue weighted by molar-refractivity contribution is 6.33. The zero-order valence-electron chi connectivity index (χ0n) is 12.6. The molecule has 0 bridgehead atoms. The van der Waals surface area contributed by atoms with Crippen molar-refractivity contribution in [2.75, 3.05) is 13.2 Å². The summed E-state index contributed by atoms with van der Waals surface area (Å²) in [5, 5.41) is 14.9. The fourth-order valence-corrected chi connectivity index (χ4v) is 3.96. The SMILES string of the molecule is OC1CCC(NC(c2cc(Cl)ccc2Cl)C2CCOC2)CC1. The molecule has 1 heterocycles. The summed E-state index contributed by atoms with van der Waals surface area (Å²) in [7, 11) is 0. The minimum absolute atomic E-state index is 0.138. The Labute approximate surface area is 141 Å². The number of hydrogen-bond acceptors (Lipinski definition) is 3. The Kier molecular flexibility index (Phi) is 5.64. The number of nitrogens with one attached hydrogen (secondary N) is 1. The van der Waals surface area contributed by atoms with Crippen molar-refractivity contribution in [1.29, 1.82) is 0 Å². The van der Waals surface area contributed by atoms with Crippen molar-refractivity contribution in [2.24, 2.45) is 5.92 Å². The van der Waals surface area contributed by atoms with Crippen molar-refractivity contribution in [1.82, 2.24) is 5.32 Å². The third-order valence-electron chi connectivity index (χ3n) is 4.84. The molecule has 0 spiro atoms. The van der Waals surface area contributed by atoms with Crippen LogP contribution in [0.2, 0.25) is 10.0 Å². The number of aliphatic hydroxyl groups excluding tert-OH is 1. The molecule has 1 aromatic rings. The van der Waals surface area contributed by atoms with Crippen LogP contribution in [0.4, 0.5) is 0 Å². The van der Waals surface area contributed by atoms with Crippen LogP contribution in [0.1, 0.15) is 43.7 Å². The molecule has 2 unspecified atom stereocenters. The molecule has 3 rings (SSSR count). The van der Waals surface area contributed by atoms with Gasteiger partial charge < -0.3 is 15.2 Å². The van der Waals surface area contributed by atoms with Crippen LogP contribution in [-0.2, 0) is 4.74 Å². The molecule has 3 nitrogen and oxygen atoms in total. The maximum Gasteiger partial charge on any atom is 0.0541 e. The highest BCUT2D eigenvalue weighted by atomic mass is 35.5. The Morgan fingerprint density at radius 3 is 2.59 bits per heavy atom. The summed E-state index contributed by atoms with van der Waals surface area (Å²) in [4.78, 5) is 0. The summed E-state index contributed by atoms with van der Waals surface area (Å²) in [5.74, 6) is 0.419. The first-order chi connectivity index (χ1) is 10.6. The summed E-state index contributed by atoms with van der Waals surface area (Å²) >= 11 is 12.6. The first kappa shape index (κ1) is 16.5. The first-order valence-electron chi connectivity index (χ1n) is 8.10. The van der Waals surface area contributed by atoms with E-state index in [-0.39, 0.29) is 12.1 Å². The van der Waals surface area contributed by atoms with E-state index in [2.05, 4.69) is 5.32 Å². The number of benzene rings is 1. The lowest BCUT2D eigenvalue weighted by molar-refractivity contribution is 0.110. The average Bonchev–Trinajstić information content (AvgIpc) is 3.03. The van der Waals surface area contributed by atoms with Gasteiger partial charge in [-0.05, 0) is 55.9 Å². The molecular weight excluding hydrogens is 321 g/mol. The number of aliphatic hydroxyl groups is 1. The van der Waals surface area contributed by atoms with Gasteiger partial charge in [-0.25, -0.2) is 0 Å². The predicted octanol–water partition coefficient (Wildman–Crippen LogP) is 3.96. The van der Waals surface area contributed by atoms with Crippen molar-refractivity contribution in [3.63, 3.8) is 0 Å². The van der Waals surface area contributed by atoms with E-state index >= 15 is 0 Å². The number of halogens is 2. The Balaban J connectivity index is 1.79. The Hall–Kier alpha value is -0.320. The molecule has 0 radical (unpaired) electrons. The standard InChI is InChI=1S/C17H23Cl2NO2/c18-12-1-6-16(19)15(9-12)17(11-7-8-22-10-11)20-13-2-4-14(21)5-3-13/h1,6,9,11,13-14,17,20-21H,2-5,7-8,10H2. The fourth-order valence-electron chi connectivity index (χ4n) is 3.54. The van der Waals surface area contributed by atoms with E-state index in [1.165, 1.54) is 0 Å². The molecule has 2 N–H and O–H groups in total. The van der Waals surface area contributed by atoms with E-state index in [1.807, 2.05) is 18.2 Å². The van der Waals surface area contributed by atoms with Crippen LogP contribution in [0.25, 0.3) is 0 Å². The Bertz CT molecular complexity index is 497. The van der Waals surface area contributed by atoms with Gasteiger partial charge in [0.15, 0.2) is 0 Å². The largest absolute Gasteiger partial charge is 0.393 e. The van der Waals surface area contributed by atoms with Crippen LogP contribution in [0.3, 0.4) is 0 Å². The smallest absolute Gasteiger partial charge is 0.0541 e. The number of rotatable bonds is 4. The van der Waals surface area contributed by atoms with E-state index in [4.69, 9.17) is 27.9 Å². The molecule has 0 amide bonds. The van der Waals surface area contributed by atoms with E-state index in [0.717, 1.165) is 55.9 Å². The lowest BCUT2D eigenvalue weighted by Crippen LogP contribution is -2.40. The van der Waals surface area contributed by atoms with Gasteiger partial charge in [0.2, 0.25) is 0 Å². The first-order valence-corrected chi connectivity index (χ1v) is 8.86. The molecule has 1 saturated carbocycles. The zero-order valence-corrected chi connectivity index (χ0v) is 14.1. The lowest BCUT2D eigenvalue weighted by atomic mass is 9.88. The monoisotopic (exact) mass is 343 g/mol. The average molecular weight is 344 g/mol. The Morgan fingerprint density at radius 1 is 1.14 bits per heavy atom. The van der Waals surface area contributed by atoms with Gasteiger partial charge >= 0.3 is 0 Å². The molecular formula is C17H23Cl2NO2. The van der Waals surface area contributed by atoms with Gasteiger partial charge in [-0.2, -0.15) is 0 Å². The van der Waals surface area contributed by atoms with Crippen LogP contribution in [0.15, 0.2) is 18.2 Å². The van der Waals surface area contributed by atoms with E-state index in [9.17, 15) is 5.11 Å². The van der Waals surface area contributed by atoms with Gasteiger partial charge in [0.05, 0.1) is 12.7 Å². The lowest BCUT2D eigenvalue weighted by Gasteiger charge is -2.33. The van der Waals surface area contributed by atoms with Gasteiger partial charge in [0, 0.05) is 34.7 Å². The summed E-state index contributed by atoms with van der Waals surface area (Å²) in [6, 6.07) is 6.25. The van der Waals surface area contributed by atoms with Crippen molar-refractivity contribution in [3.05, 3.63) is 33.8 Å². The molecule has 2 aliphatic rings. The molecule has 5 heteroatoms. The number of ether oxygens (including phenoxy) is 1. The molecule has 1 aliphatic carbocycles. The second kappa shape index (κ2) is 7.50. The molecule has 2 atom stereocenters. The second-order valence-electron chi connectivity index (χ2n) is 6.44. The van der Waals surface area contributed by atoms with Crippen molar-refractivity contribution in [3.8, 4) is 0 Å². The highest BCUT2D eigenvalue weighted by Gasteiger charge is 2.31. The van der Waals surface area contributed by atoms with Crippen LogP contribution >= 0.6 is 23.2 Å². The third-order valence-corrected chi connectivity index (χ3v) is 5.42. The maximum absolute atomic E-state index is 9.68. The highest BCUT2D eigenvalue weighted by Crippen LogP contribution is 2.36. The number of hydrogen-bond donors (Lipinski definition) is 2. The van der Waals surface area contributed by atoms with E-state index < -0.39 is 0 Å². The molecule has 0 aromatic heterocycles. The van der Waals surface area contributed by atoms with Gasteiger partial charge in [-0.3, -0.25) is 0 Å². The van der Waals surface area contributed by atoms with Crippen LogP contribution in [0.5, 0.6) is 0 Å². The topological polar surface area (TPSA) is 41.5 Å². The summed E-state index contributed by atoms with van der Waals surface area (Å²) < 4.78 is 5.58. The molecule has 122 valence electrons. The van der Waals surface area contributed by atoms with Gasteiger partial charge in [-0.1, -0.05) is 23.2 Å². The van der Waals surface area contributed by atoms with Crippen LogP contribution < -0.4 is 5.32 Å². The van der Waals surface area contributed by atoms with Gasteiger partial charge in [0.25, 0.3) is 0 Å². The van der Waals surface area contributed by atoms with Crippen LogP contribution in [0, 0.1) is 5.92 Å². The Morgan fingerprint density at radius 2 is 1.91 bits per heavy atom. The van der Waals surface area contributed by atoms with Crippen molar-refractivity contribution in [2.45, 2.75) is 50.3 Å². The predicted molar refractivity (Wildman–Crippen MR) is 89.5 cm³/mol. The fraction of sp³-hybridized carbons (Fsp3) is 0.647. The summed E-state index contributed by atoms with van der Waals surface area (Å²) in [5.41, 5.74) is 1.07. The molecule has 2 fully saturated rings. The van der Waals surface area contributed by atoms with Crippen LogP contribution in [-0.4, -0.2) is 30.5 Å². The third kappa shape index (κ3) is 3.95. The minimum atomic E-state index is -0.138. The van der Waals surface area contributed by atoms with Crippen molar-refractivity contribution < 1.29 is 9.84 Å². The zero-order chi connectivity index (χ0) is 15.5. The van der Waals surface area contributed by atoms with Gasteiger partial charge in [-0.15, -0.1) is 0 Å². The maximum atomic E-state index is 9.68. The van der Waals surface area contributed by atoms with Crippen molar-refractivity contribution >= 4 is 23.2 Å². The minimum Gasteiger partial charge on any atom is -0.393 e. The molecule has 22 heavy (non-hydrogen) atoms. The van der Waals surface area contributed by atoms with E-state index in [1.54, 1.807) is 0 Å². The summed E-state index contributed by atoms with van der Waals surface area (Å²) in [6.07, 6.45) is 4.65. The van der Waals surface area contributed by atoms with Gasteiger partial charge in [0.1, 0.15) is 0 Å².